The quantitative estimate of drug-likeness (QED) is 0.568. The molecule has 1 atom stereocenters. The zero-order valence-corrected chi connectivity index (χ0v) is 19.6. The normalized spacial score (nSPS) is 16.5. The number of hydrazone groups is 1. The number of hydrogen-bond acceptors (Lipinski definition) is 5. The van der Waals surface area contributed by atoms with Gasteiger partial charge in [0.1, 0.15) is 5.82 Å². The molecule has 3 aromatic rings. The van der Waals surface area contributed by atoms with Crippen molar-refractivity contribution in [2.24, 2.45) is 5.10 Å². The highest BCUT2D eigenvalue weighted by atomic mass is 32.2. The van der Waals surface area contributed by atoms with Crippen LogP contribution in [0.4, 0.5) is 10.1 Å². The molecule has 0 radical (unpaired) electrons. The first-order valence-electron chi connectivity index (χ1n) is 10.1. The highest BCUT2D eigenvalue weighted by Gasteiger charge is 2.37. The smallest absolute Gasteiger partial charge is 0.279 e. The van der Waals surface area contributed by atoms with Gasteiger partial charge in [-0.1, -0.05) is 42.0 Å². The van der Waals surface area contributed by atoms with Crippen LogP contribution in [0.1, 0.15) is 29.2 Å². The first-order chi connectivity index (χ1) is 15.5. The largest absolute Gasteiger partial charge is 0.284 e. The lowest BCUT2D eigenvalue weighted by molar-refractivity contribution is 0.371. The molecule has 7 nitrogen and oxygen atoms in total. The number of hydrogen-bond donors (Lipinski definition) is 1. The van der Waals surface area contributed by atoms with Gasteiger partial charge in [-0.15, -0.1) is 0 Å². The summed E-state index contributed by atoms with van der Waals surface area (Å²) >= 11 is 0. The van der Waals surface area contributed by atoms with Crippen molar-refractivity contribution in [2.45, 2.75) is 24.3 Å². The first kappa shape index (κ1) is 22.9. The van der Waals surface area contributed by atoms with E-state index in [0.717, 1.165) is 33.9 Å². The van der Waals surface area contributed by atoms with Crippen LogP contribution < -0.4 is 4.72 Å². The maximum atomic E-state index is 13.4. The lowest BCUT2D eigenvalue weighted by atomic mass is 9.98. The van der Waals surface area contributed by atoms with E-state index in [0.29, 0.717) is 17.0 Å². The van der Waals surface area contributed by atoms with Gasteiger partial charge in [-0.2, -0.15) is 17.9 Å². The molecule has 172 valence electrons. The molecule has 1 aliphatic heterocycles. The van der Waals surface area contributed by atoms with Gasteiger partial charge in [0.25, 0.3) is 10.0 Å². The summed E-state index contributed by atoms with van der Waals surface area (Å²) in [6.45, 7) is 1.94. The van der Waals surface area contributed by atoms with Gasteiger partial charge < -0.3 is 0 Å². The predicted octanol–water partition coefficient (Wildman–Crippen LogP) is 4.05. The van der Waals surface area contributed by atoms with E-state index in [4.69, 9.17) is 0 Å². The number of anilines is 1. The maximum absolute atomic E-state index is 13.4. The van der Waals surface area contributed by atoms with E-state index in [-0.39, 0.29) is 11.3 Å². The lowest BCUT2D eigenvalue weighted by Crippen LogP contribution is -2.27. The van der Waals surface area contributed by atoms with Crippen molar-refractivity contribution < 1.29 is 21.2 Å². The maximum Gasteiger partial charge on any atom is 0.279 e. The van der Waals surface area contributed by atoms with Gasteiger partial charge >= 0.3 is 0 Å². The summed E-state index contributed by atoms with van der Waals surface area (Å²) in [5, 5.41) is 4.44. The van der Waals surface area contributed by atoms with Crippen LogP contribution in [0.2, 0.25) is 0 Å². The van der Waals surface area contributed by atoms with E-state index in [1.807, 2.05) is 31.2 Å². The van der Waals surface area contributed by atoms with E-state index in [1.54, 1.807) is 24.3 Å². The predicted molar refractivity (Wildman–Crippen MR) is 125 cm³/mol. The Morgan fingerprint density at radius 3 is 2.27 bits per heavy atom. The fourth-order valence-corrected chi connectivity index (χ4v) is 5.60. The molecule has 0 saturated carbocycles. The lowest BCUT2D eigenvalue weighted by Gasteiger charge is -2.23. The van der Waals surface area contributed by atoms with Crippen LogP contribution in [-0.4, -0.2) is 33.2 Å². The molecule has 1 aliphatic rings. The molecule has 33 heavy (non-hydrogen) atoms. The van der Waals surface area contributed by atoms with E-state index in [1.165, 1.54) is 12.1 Å². The number of rotatable bonds is 6. The van der Waals surface area contributed by atoms with Gasteiger partial charge in [0.05, 0.1) is 22.9 Å². The standard InChI is InChI=1S/C23H22FN3O4S2/c1-16-6-8-17(9-7-16)23-15-22(18-4-3-5-20(14-18)26-32(2,28)29)25-27(23)33(30,31)21-12-10-19(24)11-13-21/h3-14,23,26H,15H2,1-2H3/t23-/m1/s1. The topological polar surface area (TPSA) is 95.9 Å². The van der Waals surface area contributed by atoms with Crippen LogP contribution >= 0.6 is 0 Å². The fraction of sp³-hybridized carbons (Fsp3) is 0.174. The van der Waals surface area contributed by atoms with E-state index >= 15 is 0 Å². The van der Waals surface area contributed by atoms with Crippen LogP contribution in [0.25, 0.3) is 0 Å². The van der Waals surface area contributed by atoms with Crippen molar-refractivity contribution in [3.8, 4) is 0 Å². The number of halogens is 1. The molecule has 4 rings (SSSR count). The zero-order valence-electron chi connectivity index (χ0n) is 17.9. The molecular formula is C23H22FN3O4S2. The average molecular weight is 488 g/mol. The Hall–Kier alpha value is -3.24. The van der Waals surface area contributed by atoms with Gasteiger partial charge in [0, 0.05) is 12.1 Å². The second-order valence-electron chi connectivity index (χ2n) is 7.86. The minimum atomic E-state index is -4.08. The zero-order chi connectivity index (χ0) is 23.8. The van der Waals surface area contributed by atoms with Crippen molar-refractivity contribution in [2.75, 3.05) is 11.0 Å². The molecule has 0 unspecified atom stereocenters. The van der Waals surface area contributed by atoms with Crippen molar-refractivity contribution in [3.63, 3.8) is 0 Å². The van der Waals surface area contributed by atoms with Gasteiger partial charge in [0.15, 0.2) is 0 Å². The molecule has 0 aromatic heterocycles. The van der Waals surface area contributed by atoms with Crippen LogP contribution in [0.5, 0.6) is 0 Å². The summed E-state index contributed by atoms with van der Waals surface area (Å²) in [5.74, 6) is -0.537. The fourth-order valence-electron chi connectivity index (χ4n) is 3.61. The Morgan fingerprint density at radius 2 is 1.64 bits per heavy atom. The Labute approximate surface area is 192 Å². The highest BCUT2D eigenvalue weighted by Crippen LogP contribution is 2.37. The first-order valence-corrected chi connectivity index (χ1v) is 13.4. The Balaban J connectivity index is 1.78. The molecule has 1 N–H and O–H groups in total. The average Bonchev–Trinajstić information content (AvgIpc) is 3.20. The van der Waals surface area contributed by atoms with Gasteiger partial charge in [-0.25, -0.2) is 12.8 Å². The summed E-state index contributed by atoms with van der Waals surface area (Å²) in [4.78, 5) is -0.0708. The monoisotopic (exact) mass is 487 g/mol. The van der Waals surface area contributed by atoms with Gasteiger partial charge in [-0.05, 0) is 54.4 Å². The summed E-state index contributed by atoms with van der Waals surface area (Å²) in [6, 6.07) is 18.1. The van der Waals surface area contributed by atoms with E-state index < -0.39 is 31.9 Å². The molecule has 0 fully saturated rings. The molecule has 0 aliphatic carbocycles. The van der Waals surface area contributed by atoms with Crippen LogP contribution in [0.3, 0.4) is 0 Å². The van der Waals surface area contributed by atoms with Crippen molar-refractivity contribution in [3.05, 3.63) is 95.3 Å². The summed E-state index contributed by atoms with van der Waals surface area (Å²) in [5.41, 5.74) is 3.23. The molecule has 0 spiro atoms. The SMILES string of the molecule is Cc1ccc([C@H]2CC(c3cccc(NS(C)(=O)=O)c3)=NN2S(=O)(=O)c2ccc(F)cc2)cc1. The van der Waals surface area contributed by atoms with Gasteiger partial charge in [0.2, 0.25) is 10.0 Å². The van der Waals surface area contributed by atoms with Crippen molar-refractivity contribution in [1.82, 2.24) is 4.41 Å². The summed E-state index contributed by atoms with van der Waals surface area (Å²) in [7, 11) is -7.55. The highest BCUT2D eigenvalue weighted by molar-refractivity contribution is 7.92. The van der Waals surface area contributed by atoms with Crippen LogP contribution in [0.15, 0.2) is 82.8 Å². The number of benzene rings is 3. The number of nitrogens with zero attached hydrogens (tertiary/aromatic N) is 2. The van der Waals surface area contributed by atoms with E-state index in [9.17, 15) is 21.2 Å². The number of aryl methyl sites for hydroxylation is 1. The van der Waals surface area contributed by atoms with Crippen LogP contribution in [-0.2, 0) is 20.0 Å². The molecule has 10 heteroatoms. The Bertz CT molecular complexity index is 1420. The molecule has 0 amide bonds. The molecule has 0 saturated heterocycles. The third kappa shape index (κ3) is 5.07. The van der Waals surface area contributed by atoms with Gasteiger partial charge in [-0.3, -0.25) is 4.72 Å². The van der Waals surface area contributed by atoms with Crippen LogP contribution in [0, 0.1) is 12.7 Å². The minimum Gasteiger partial charge on any atom is -0.284 e. The molecule has 0 bridgehead atoms. The minimum absolute atomic E-state index is 0.0708. The third-order valence-corrected chi connectivity index (χ3v) is 7.49. The van der Waals surface area contributed by atoms with Crippen molar-refractivity contribution in [1.29, 1.82) is 0 Å². The Kier molecular flexibility index (Phi) is 5.98. The summed E-state index contributed by atoms with van der Waals surface area (Å²) < 4.78 is 66.9. The molecular weight excluding hydrogens is 465 g/mol. The van der Waals surface area contributed by atoms with E-state index in [2.05, 4.69) is 9.82 Å². The second-order valence-corrected chi connectivity index (χ2v) is 11.4. The third-order valence-electron chi connectivity index (χ3n) is 5.19. The number of sulfonamides is 2. The molecule has 1 heterocycles. The number of nitrogens with one attached hydrogen (secondary N) is 1. The summed E-state index contributed by atoms with van der Waals surface area (Å²) in [6.07, 6.45) is 1.34. The Morgan fingerprint density at radius 1 is 0.970 bits per heavy atom. The second kappa shape index (κ2) is 8.60. The van der Waals surface area contributed by atoms with Crippen molar-refractivity contribution >= 4 is 31.4 Å². The molecule has 3 aromatic carbocycles.